The van der Waals surface area contributed by atoms with E-state index >= 15 is 0 Å². The minimum Gasteiger partial charge on any atom is -0.480 e. The molecular weight excluding hydrogens is 280 g/mol. The lowest BCUT2D eigenvalue weighted by atomic mass is 10.00. The number of hydrogen-bond acceptors (Lipinski definition) is 3. The number of likely N-dealkylation sites (N-methyl/N-ethyl adjacent to an activating group) is 1. The lowest BCUT2D eigenvalue weighted by Gasteiger charge is -2.33. The van der Waals surface area contributed by atoms with E-state index in [0.717, 1.165) is 5.56 Å². The monoisotopic (exact) mass is 306 g/mol. The number of carboxylic acids is 1. The van der Waals surface area contributed by atoms with Gasteiger partial charge in [0.15, 0.2) is 0 Å². The zero-order valence-corrected chi connectivity index (χ0v) is 13.7. The molecule has 0 heterocycles. The molecule has 2 atom stereocenters. The number of carboxylic acid groups (broad SMARTS) is 1. The van der Waals surface area contributed by atoms with Gasteiger partial charge in [0.2, 0.25) is 5.91 Å². The Hall–Kier alpha value is -1.88. The number of aliphatic carboxylic acids is 1. The lowest BCUT2D eigenvalue weighted by molar-refractivity contribution is -0.142. The number of nitrogens with one attached hydrogen (secondary N) is 1. The van der Waals surface area contributed by atoms with E-state index in [1.807, 2.05) is 51.1 Å². The number of benzene rings is 1. The molecule has 122 valence electrons. The third-order valence-corrected chi connectivity index (χ3v) is 3.66. The predicted molar refractivity (Wildman–Crippen MR) is 86.4 cm³/mol. The quantitative estimate of drug-likeness (QED) is 0.772. The molecule has 2 unspecified atom stereocenters. The summed E-state index contributed by atoms with van der Waals surface area (Å²) in [7, 11) is 0. The fourth-order valence-electron chi connectivity index (χ4n) is 2.48. The second-order valence-electron chi connectivity index (χ2n) is 5.81. The third-order valence-electron chi connectivity index (χ3n) is 3.66. The van der Waals surface area contributed by atoms with E-state index in [1.165, 1.54) is 6.92 Å². The zero-order valence-electron chi connectivity index (χ0n) is 13.7. The van der Waals surface area contributed by atoms with Crippen molar-refractivity contribution < 1.29 is 14.7 Å². The molecule has 0 aliphatic rings. The van der Waals surface area contributed by atoms with Crippen LogP contribution >= 0.6 is 0 Å². The zero-order chi connectivity index (χ0) is 16.7. The van der Waals surface area contributed by atoms with Gasteiger partial charge in [-0.05, 0) is 24.9 Å². The van der Waals surface area contributed by atoms with Crippen LogP contribution in [0.25, 0.3) is 0 Å². The lowest BCUT2D eigenvalue weighted by Crippen LogP contribution is -2.52. The standard InChI is InChI=1S/C17H26N2O3/c1-5-19(11-14-9-7-6-8-10-14)15(12(2)3)16(20)18-13(4)17(21)22/h6-10,12-13,15H,5,11H2,1-4H3,(H,18,20)(H,21,22). The molecule has 0 aliphatic heterocycles. The summed E-state index contributed by atoms with van der Waals surface area (Å²) >= 11 is 0. The highest BCUT2D eigenvalue weighted by atomic mass is 16.4. The van der Waals surface area contributed by atoms with Crippen LogP contribution in [-0.4, -0.2) is 40.5 Å². The Morgan fingerprint density at radius 2 is 1.77 bits per heavy atom. The first kappa shape index (κ1) is 18.2. The van der Waals surface area contributed by atoms with Gasteiger partial charge >= 0.3 is 5.97 Å². The van der Waals surface area contributed by atoms with Crippen molar-refractivity contribution in [1.29, 1.82) is 0 Å². The number of nitrogens with zero attached hydrogens (tertiary/aromatic N) is 1. The minimum absolute atomic E-state index is 0.0876. The first-order chi connectivity index (χ1) is 10.4. The van der Waals surface area contributed by atoms with E-state index in [9.17, 15) is 9.59 Å². The molecule has 0 aromatic heterocycles. The molecule has 1 amide bonds. The van der Waals surface area contributed by atoms with Crippen LogP contribution in [0.3, 0.4) is 0 Å². The van der Waals surface area contributed by atoms with Gasteiger partial charge in [0.1, 0.15) is 6.04 Å². The van der Waals surface area contributed by atoms with Gasteiger partial charge in [0.25, 0.3) is 0 Å². The van der Waals surface area contributed by atoms with E-state index in [1.54, 1.807) is 0 Å². The van der Waals surface area contributed by atoms with Gasteiger partial charge in [-0.3, -0.25) is 14.5 Å². The van der Waals surface area contributed by atoms with E-state index in [0.29, 0.717) is 13.1 Å². The second-order valence-corrected chi connectivity index (χ2v) is 5.81. The largest absolute Gasteiger partial charge is 0.480 e. The van der Waals surface area contributed by atoms with Crippen LogP contribution in [0.1, 0.15) is 33.3 Å². The van der Waals surface area contributed by atoms with Crippen LogP contribution in [0.4, 0.5) is 0 Å². The smallest absolute Gasteiger partial charge is 0.325 e. The molecule has 0 spiro atoms. The number of carbonyl (C=O) groups excluding carboxylic acids is 1. The Labute approximate surface area is 132 Å². The molecule has 1 aromatic rings. The highest BCUT2D eigenvalue weighted by Gasteiger charge is 2.29. The Morgan fingerprint density at radius 1 is 1.18 bits per heavy atom. The molecule has 1 aromatic carbocycles. The topological polar surface area (TPSA) is 69.6 Å². The van der Waals surface area contributed by atoms with Crippen LogP contribution in [0.15, 0.2) is 30.3 Å². The summed E-state index contributed by atoms with van der Waals surface area (Å²) in [6.07, 6.45) is 0. The van der Waals surface area contributed by atoms with E-state index < -0.39 is 12.0 Å². The molecule has 1 rings (SSSR count). The maximum absolute atomic E-state index is 12.5. The van der Waals surface area contributed by atoms with Gasteiger partial charge in [-0.1, -0.05) is 51.1 Å². The maximum atomic E-state index is 12.5. The number of hydrogen-bond donors (Lipinski definition) is 2. The molecule has 0 radical (unpaired) electrons. The summed E-state index contributed by atoms with van der Waals surface area (Å²) in [5, 5.41) is 11.5. The van der Waals surface area contributed by atoms with E-state index in [4.69, 9.17) is 5.11 Å². The van der Waals surface area contributed by atoms with Crippen LogP contribution in [0, 0.1) is 5.92 Å². The van der Waals surface area contributed by atoms with Crippen LogP contribution in [0.2, 0.25) is 0 Å². The Balaban J connectivity index is 2.86. The first-order valence-electron chi connectivity index (χ1n) is 7.68. The summed E-state index contributed by atoms with van der Waals surface area (Å²) in [5.41, 5.74) is 1.13. The summed E-state index contributed by atoms with van der Waals surface area (Å²) < 4.78 is 0. The molecule has 0 aliphatic carbocycles. The second kappa shape index (κ2) is 8.54. The van der Waals surface area contributed by atoms with Gasteiger partial charge in [-0.15, -0.1) is 0 Å². The Morgan fingerprint density at radius 3 is 2.23 bits per heavy atom. The van der Waals surface area contributed by atoms with Crippen LogP contribution < -0.4 is 5.32 Å². The van der Waals surface area contributed by atoms with Crippen molar-refractivity contribution in [3.8, 4) is 0 Å². The molecule has 0 fully saturated rings. The van der Waals surface area contributed by atoms with Gasteiger partial charge in [0.05, 0.1) is 6.04 Å². The van der Waals surface area contributed by atoms with Crippen molar-refractivity contribution in [2.75, 3.05) is 6.54 Å². The van der Waals surface area contributed by atoms with Crippen molar-refractivity contribution >= 4 is 11.9 Å². The average molecular weight is 306 g/mol. The first-order valence-corrected chi connectivity index (χ1v) is 7.68. The molecule has 0 bridgehead atoms. The SMILES string of the molecule is CCN(Cc1ccccc1)C(C(=O)NC(C)C(=O)O)C(C)C. The van der Waals surface area contributed by atoms with Crippen molar-refractivity contribution in [3.05, 3.63) is 35.9 Å². The van der Waals surface area contributed by atoms with Crippen LogP contribution in [0.5, 0.6) is 0 Å². The number of amides is 1. The van der Waals surface area contributed by atoms with Crippen LogP contribution in [-0.2, 0) is 16.1 Å². The normalized spacial score (nSPS) is 13.9. The fraction of sp³-hybridized carbons (Fsp3) is 0.529. The maximum Gasteiger partial charge on any atom is 0.325 e. The summed E-state index contributed by atoms with van der Waals surface area (Å²) in [5.74, 6) is -1.17. The molecule has 22 heavy (non-hydrogen) atoms. The molecular formula is C17H26N2O3. The third kappa shape index (κ3) is 5.15. The van der Waals surface area contributed by atoms with E-state index in [-0.39, 0.29) is 17.9 Å². The summed E-state index contributed by atoms with van der Waals surface area (Å²) in [4.78, 5) is 25.5. The number of rotatable bonds is 8. The number of carbonyl (C=O) groups is 2. The molecule has 0 saturated carbocycles. The van der Waals surface area contributed by atoms with Crippen molar-refractivity contribution in [3.63, 3.8) is 0 Å². The Kier molecular flexibility index (Phi) is 7.05. The van der Waals surface area contributed by atoms with Gasteiger partial charge in [-0.25, -0.2) is 0 Å². The highest BCUT2D eigenvalue weighted by Crippen LogP contribution is 2.15. The van der Waals surface area contributed by atoms with Crippen molar-refractivity contribution in [1.82, 2.24) is 10.2 Å². The molecule has 2 N–H and O–H groups in total. The summed E-state index contributed by atoms with van der Waals surface area (Å²) in [6.45, 7) is 8.81. The van der Waals surface area contributed by atoms with Crippen molar-refractivity contribution in [2.45, 2.75) is 46.3 Å². The fourth-order valence-corrected chi connectivity index (χ4v) is 2.48. The average Bonchev–Trinajstić information content (AvgIpc) is 2.46. The molecule has 0 saturated heterocycles. The van der Waals surface area contributed by atoms with Gasteiger partial charge in [0, 0.05) is 6.54 Å². The predicted octanol–water partition coefficient (Wildman–Crippen LogP) is 2.12. The van der Waals surface area contributed by atoms with E-state index in [2.05, 4.69) is 10.2 Å². The van der Waals surface area contributed by atoms with Crippen molar-refractivity contribution in [2.24, 2.45) is 5.92 Å². The van der Waals surface area contributed by atoms with Gasteiger partial charge in [-0.2, -0.15) is 0 Å². The Bertz CT molecular complexity index is 488. The summed E-state index contributed by atoms with van der Waals surface area (Å²) in [6, 6.07) is 8.72. The minimum atomic E-state index is -1.03. The molecule has 5 nitrogen and oxygen atoms in total. The van der Waals surface area contributed by atoms with Gasteiger partial charge < -0.3 is 10.4 Å². The highest BCUT2D eigenvalue weighted by molar-refractivity contribution is 5.86. The molecule has 5 heteroatoms.